The van der Waals surface area contributed by atoms with Gasteiger partial charge in [-0.1, -0.05) is 60.7 Å². The molecule has 2 aromatic heterocycles. The Kier molecular flexibility index (Phi) is 3.08. The second kappa shape index (κ2) is 5.25. The average molecular weight is 301 g/mol. The third kappa shape index (κ3) is 2.25. The van der Waals surface area contributed by atoms with Crippen molar-refractivity contribution >= 4 is 10.9 Å². The highest BCUT2D eigenvalue weighted by molar-refractivity contribution is 5.94. The summed E-state index contributed by atoms with van der Waals surface area (Å²) < 4.78 is 0. The largest absolute Gasteiger partial charge is 0.356 e. The van der Waals surface area contributed by atoms with Crippen LogP contribution in [0.2, 0.25) is 0 Å². The van der Waals surface area contributed by atoms with Gasteiger partial charge in [-0.15, -0.1) is 0 Å². The van der Waals surface area contributed by atoms with Crippen molar-refractivity contribution < 1.29 is 0 Å². The highest BCUT2D eigenvalue weighted by atomic mass is 16.1. The lowest BCUT2D eigenvalue weighted by Gasteiger charge is -2.03. The Bertz CT molecular complexity index is 1030. The van der Waals surface area contributed by atoms with E-state index < -0.39 is 0 Å². The maximum atomic E-state index is 12.5. The van der Waals surface area contributed by atoms with Crippen LogP contribution in [0.3, 0.4) is 0 Å². The van der Waals surface area contributed by atoms with Crippen molar-refractivity contribution in [1.82, 2.24) is 15.0 Å². The maximum Gasteiger partial charge on any atom is 0.260 e. The van der Waals surface area contributed by atoms with Gasteiger partial charge in [0, 0.05) is 16.8 Å². The summed E-state index contributed by atoms with van der Waals surface area (Å²) in [6, 6.07) is 19.6. The predicted octanol–water partition coefficient (Wildman–Crippen LogP) is 3.89. The minimum atomic E-state index is -0.121. The first-order valence-corrected chi connectivity index (χ1v) is 7.47. The summed E-state index contributed by atoms with van der Waals surface area (Å²) in [4.78, 5) is 23.4. The van der Waals surface area contributed by atoms with Gasteiger partial charge in [-0.2, -0.15) is 0 Å². The maximum absolute atomic E-state index is 12.5. The second-order valence-corrected chi connectivity index (χ2v) is 5.50. The number of benzene rings is 2. The minimum Gasteiger partial charge on any atom is -0.356 e. The van der Waals surface area contributed by atoms with Gasteiger partial charge >= 0.3 is 0 Å². The molecule has 0 atom stereocenters. The molecule has 2 heterocycles. The van der Waals surface area contributed by atoms with Crippen LogP contribution in [0.15, 0.2) is 65.5 Å². The Morgan fingerprint density at radius 2 is 1.43 bits per heavy atom. The van der Waals surface area contributed by atoms with Crippen molar-refractivity contribution in [2.24, 2.45) is 0 Å². The molecule has 0 aliphatic carbocycles. The number of nitrogens with one attached hydrogen (secondary N) is 2. The van der Waals surface area contributed by atoms with Crippen molar-refractivity contribution in [3.8, 4) is 22.6 Å². The molecule has 4 rings (SSSR count). The van der Waals surface area contributed by atoms with Crippen molar-refractivity contribution in [1.29, 1.82) is 0 Å². The Morgan fingerprint density at radius 1 is 0.826 bits per heavy atom. The third-order valence-corrected chi connectivity index (χ3v) is 3.95. The SMILES string of the molecule is Cc1[nH]c(-c2ccccc2)c2nc(-c3ccccc3)[nH]c(=O)c12. The molecule has 2 N–H and O–H groups in total. The highest BCUT2D eigenvalue weighted by Crippen LogP contribution is 2.28. The van der Waals surface area contributed by atoms with Crippen LogP contribution in [-0.4, -0.2) is 15.0 Å². The number of hydrogen-bond acceptors (Lipinski definition) is 2. The zero-order valence-electron chi connectivity index (χ0n) is 12.6. The fourth-order valence-corrected chi connectivity index (χ4v) is 2.86. The van der Waals surface area contributed by atoms with Crippen molar-refractivity contribution in [3.05, 3.63) is 76.7 Å². The van der Waals surface area contributed by atoms with Gasteiger partial charge in [-0.3, -0.25) is 4.79 Å². The van der Waals surface area contributed by atoms with Gasteiger partial charge in [0.05, 0.1) is 11.1 Å². The van der Waals surface area contributed by atoms with Gasteiger partial charge in [0.1, 0.15) is 11.3 Å². The summed E-state index contributed by atoms with van der Waals surface area (Å²) in [5.41, 5.74) is 4.20. The summed E-state index contributed by atoms with van der Waals surface area (Å²) in [7, 11) is 0. The van der Waals surface area contributed by atoms with E-state index >= 15 is 0 Å². The molecule has 0 saturated carbocycles. The molecule has 0 saturated heterocycles. The van der Waals surface area contributed by atoms with E-state index in [1.807, 2.05) is 67.6 Å². The molecule has 0 fully saturated rings. The Balaban J connectivity index is 2.03. The molecule has 0 bridgehead atoms. The Hall–Kier alpha value is -3.14. The lowest BCUT2D eigenvalue weighted by atomic mass is 10.1. The van der Waals surface area contributed by atoms with E-state index in [-0.39, 0.29) is 5.56 Å². The summed E-state index contributed by atoms with van der Waals surface area (Å²) in [5.74, 6) is 0.583. The molecule has 0 radical (unpaired) electrons. The van der Waals surface area contributed by atoms with Gasteiger partial charge in [0.2, 0.25) is 0 Å². The molecular weight excluding hydrogens is 286 g/mol. The first-order chi connectivity index (χ1) is 11.2. The molecular formula is C19H15N3O. The quantitative estimate of drug-likeness (QED) is 0.590. The van der Waals surface area contributed by atoms with E-state index in [9.17, 15) is 4.79 Å². The third-order valence-electron chi connectivity index (χ3n) is 3.95. The average Bonchev–Trinajstić information content (AvgIpc) is 2.94. The Labute approximate surface area is 132 Å². The van der Waals surface area contributed by atoms with Crippen LogP contribution in [0.25, 0.3) is 33.5 Å². The van der Waals surface area contributed by atoms with E-state index in [1.54, 1.807) is 0 Å². The number of aryl methyl sites for hydroxylation is 1. The van der Waals surface area contributed by atoms with Crippen molar-refractivity contribution in [2.45, 2.75) is 6.92 Å². The first kappa shape index (κ1) is 13.5. The lowest BCUT2D eigenvalue weighted by Crippen LogP contribution is -2.09. The minimum absolute atomic E-state index is 0.121. The summed E-state index contributed by atoms with van der Waals surface area (Å²) in [6.45, 7) is 1.90. The highest BCUT2D eigenvalue weighted by Gasteiger charge is 2.15. The number of H-pyrrole nitrogens is 2. The second-order valence-electron chi connectivity index (χ2n) is 5.50. The van der Waals surface area contributed by atoms with E-state index in [1.165, 1.54) is 0 Å². The summed E-state index contributed by atoms with van der Waals surface area (Å²) >= 11 is 0. The fourth-order valence-electron chi connectivity index (χ4n) is 2.86. The molecule has 0 amide bonds. The zero-order chi connectivity index (χ0) is 15.8. The van der Waals surface area contributed by atoms with Crippen LogP contribution in [0.5, 0.6) is 0 Å². The number of nitrogens with zero attached hydrogens (tertiary/aromatic N) is 1. The monoisotopic (exact) mass is 301 g/mol. The molecule has 0 aliphatic rings. The molecule has 4 nitrogen and oxygen atoms in total. The van der Waals surface area contributed by atoms with Crippen LogP contribution in [0.4, 0.5) is 0 Å². The van der Waals surface area contributed by atoms with Gasteiger partial charge in [-0.05, 0) is 6.92 Å². The van der Waals surface area contributed by atoms with E-state index in [0.29, 0.717) is 16.7 Å². The number of rotatable bonds is 2. The number of fused-ring (bicyclic) bond motifs is 1. The Morgan fingerprint density at radius 3 is 2.09 bits per heavy atom. The fraction of sp³-hybridized carbons (Fsp3) is 0.0526. The van der Waals surface area contributed by atoms with Gasteiger partial charge in [0.25, 0.3) is 5.56 Å². The van der Waals surface area contributed by atoms with Crippen LogP contribution in [0, 0.1) is 6.92 Å². The number of aromatic amines is 2. The van der Waals surface area contributed by atoms with Gasteiger partial charge in [0.15, 0.2) is 0 Å². The molecule has 0 spiro atoms. The van der Waals surface area contributed by atoms with Crippen molar-refractivity contribution in [2.75, 3.05) is 0 Å². The molecule has 4 aromatic rings. The topological polar surface area (TPSA) is 61.5 Å². The standard InChI is InChI=1S/C19H15N3O/c1-12-15-17(16(20-12)13-8-4-2-5-9-13)21-18(22-19(15)23)14-10-6-3-7-11-14/h2-11,20H,1H3,(H,21,22,23). The molecule has 112 valence electrons. The molecule has 2 aromatic carbocycles. The molecule has 0 unspecified atom stereocenters. The predicted molar refractivity (Wildman–Crippen MR) is 92.3 cm³/mol. The van der Waals surface area contributed by atoms with E-state index in [2.05, 4.69) is 9.97 Å². The van der Waals surface area contributed by atoms with Crippen LogP contribution < -0.4 is 5.56 Å². The lowest BCUT2D eigenvalue weighted by molar-refractivity contribution is 1.18. The molecule has 0 aliphatic heterocycles. The van der Waals surface area contributed by atoms with Crippen LogP contribution in [-0.2, 0) is 0 Å². The van der Waals surface area contributed by atoms with E-state index in [0.717, 1.165) is 22.5 Å². The van der Waals surface area contributed by atoms with Gasteiger partial charge < -0.3 is 9.97 Å². The van der Waals surface area contributed by atoms with Crippen molar-refractivity contribution in [3.63, 3.8) is 0 Å². The smallest absolute Gasteiger partial charge is 0.260 e. The normalized spacial score (nSPS) is 11.0. The summed E-state index contributed by atoms with van der Waals surface area (Å²) in [6.07, 6.45) is 0. The van der Waals surface area contributed by atoms with Crippen LogP contribution in [0.1, 0.15) is 5.69 Å². The first-order valence-electron chi connectivity index (χ1n) is 7.47. The van der Waals surface area contributed by atoms with Crippen LogP contribution >= 0.6 is 0 Å². The number of aromatic nitrogens is 3. The van der Waals surface area contributed by atoms with Gasteiger partial charge in [-0.25, -0.2) is 4.98 Å². The zero-order valence-corrected chi connectivity index (χ0v) is 12.6. The van der Waals surface area contributed by atoms with E-state index in [4.69, 9.17) is 4.98 Å². The molecule has 4 heteroatoms. The molecule has 23 heavy (non-hydrogen) atoms. The number of hydrogen-bond donors (Lipinski definition) is 2. The summed E-state index contributed by atoms with van der Waals surface area (Å²) in [5, 5.41) is 0.614.